The Bertz CT molecular complexity index is 935. The van der Waals surface area contributed by atoms with E-state index in [-0.39, 0.29) is 11.3 Å². The largest absolute Gasteiger partial charge is 0.345 e. The number of H-pyrrole nitrogens is 1. The standard InChI is InChI=1S/C14H12N4O4S/c19-13(17-10-3-6-23(21,22)8-10)11-7-16-12(18-14(11)20)9-1-4-15-5-2-9/h1-7,10H,8H2,(H,17,19)(H,16,18,20). The number of nitrogens with one attached hydrogen (secondary N) is 2. The van der Waals surface area contributed by atoms with Crippen LogP contribution in [-0.2, 0) is 9.84 Å². The van der Waals surface area contributed by atoms with E-state index in [1.807, 2.05) is 0 Å². The molecule has 8 nitrogen and oxygen atoms in total. The summed E-state index contributed by atoms with van der Waals surface area (Å²) < 4.78 is 22.6. The van der Waals surface area contributed by atoms with E-state index in [0.717, 1.165) is 11.6 Å². The Kier molecular flexibility index (Phi) is 3.78. The fourth-order valence-electron chi connectivity index (χ4n) is 2.12. The van der Waals surface area contributed by atoms with Crippen LogP contribution in [0.5, 0.6) is 0 Å². The molecule has 1 amide bonds. The third-order valence-electron chi connectivity index (χ3n) is 3.24. The van der Waals surface area contributed by atoms with Crippen molar-refractivity contribution in [2.45, 2.75) is 6.04 Å². The summed E-state index contributed by atoms with van der Waals surface area (Å²) in [7, 11) is -3.28. The number of hydrogen-bond donors (Lipinski definition) is 2. The first-order valence-corrected chi connectivity index (χ1v) is 8.38. The summed E-state index contributed by atoms with van der Waals surface area (Å²) in [5, 5.41) is 3.52. The number of aromatic amines is 1. The molecule has 1 unspecified atom stereocenters. The van der Waals surface area contributed by atoms with Gasteiger partial charge in [0.2, 0.25) is 0 Å². The van der Waals surface area contributed by atoms with E-state index in [1.54, 1.807) is 24.5 Å². The number of amides is 1. The summed E-state index contributed by atoms with van der Waals surface area (Å²) in [6.07, 6.45) is 5.66. The second-order valence-corrected chi connectivity index (χ2v) is 6.88. The smallest absolute Gasteiger partial charge is 0.264 e. The molecule has 0 radical (unpaired) electrons. The molecule has 1 atom stereocenters. The van der Waals surface area contributed by atoms with Gasteiger partial charge in [0.25, 0.3) is 11.5 Å². The third kappa shape index (κ3) is 3.34. The van der Waals surface area contributed by atoms with Crippen LogP contribution in [0.4, 0.5) is 0 Å². The maximum atomic E-state index is 12.1. The zero-order valence-electron chi connectivity index (χ0n) is 11.8. The van der Waals surface area contributed by atoms with E-state index in [4.69, 9.17) is 0 Å². The van der Waals surface area contributed by atoms with Crippen molar-refractivity contribution in [2.24, 2.45) is 0 Å². The summed E-state index contributed by atoms with van der Waals surface area (Å²) in [6.45, 7) is 0. The van der Waals surface area contributed by atoms with Gasteiger partial charge in [0.15, 0.2) is 9.84 Å². The molecular weight excluding hydrogens is 320 g/mol. The van der Waals surface area contributed by atoms with Crippen molar-refractivity contribution in [1.82, 2.24) is 20.3 Å². The molecule has 0 aromatic carbocycles. The fraction of sp³-hybridized carbons (Fsp3) is 0.143. The molecule has 9 heteroatoms. The molecule has 118 valence electrons. The number of carbonyl (C=O) groups excluding carboxylic acids is 1. The molecule has 3 heterocycles. The van der Waals surface area contributed by atoms with Gasteiger partial charge in [0, 0.05) is 29.6 Å². The maximum Gasteiger partial charge on any atom is 0.264 e. The quantitative estimate of drug-likeness (QED) is 0.807. The van der Waals surface area contributed by atoms with E-state index in [2.05, 4.69) is 20.3 Å². The molecular formula is C14H12N4O4S. The van der Waals surface area contributed by atoms with Gasteiger partial charge in [-0.25, -0.2) is 13.4 Å². The SMILES string of the molecule is O=C(NC1C=CS(=O)(=O)C1)c1cnc(-c2ccncc2)[nH]c1=O. The van der Waals surface area contributed by atoms with Crippen molar-refractivity contribution in [3.05, 3.63) is 58.1 Å². The number of nitrogens with zero attached hydrogens (tertiary/aromatic N) is 2. The first-order valence-electron chi connectivity index (χ1n) is 6.66. The Labute approximate surface area is 131 Å². The minimum atomic E-state index is -3.28. The number of hydrogen-bond acceptors (Lipinski definition) is 6. The lowest BCUT2D eigenvalue weighted by Gasteiger charge is -2.09. The van der Waals surface area contributed by atoms with E-state index >= 15 is 0 Å². The van der Waals surface area contributed by atoms with Crippen molar-refractivity contribution in [3.8, 4) is 11.4 Å². The number of carbonyl (C=O) groups is 1. The number of pyridine rings is 1. The van der Waals surface area contributed by atoms with Crippen molar-refractivity contribution < 1.29 is 13.2 Å². The topological polar surface area (TPSA) is 122 Å². The molecule has 0 fully saturated rings. The van der Waals surface area contributed by atoms with E-state index in [0.29, 0.717) is 11.4 Å². The Morgan fingerprint density at radius 2 is 2.04 bits per heavy atom. The molecule has 2 aromatic heterocycles. The highest BCUT2D eigenvalue weighted by atomic mass is 32.2. The minimum absolute atomic E-state index is 0.180. The molecule has 0 saturated heterocycles. The van der Waals surface area contributed by atoms with Crippen molar-refractivity contribution in [2.75, 3.05) is 5.75 Å². The lowest BCUT2D eigenvalue weighted by molar-refractivity contribution is 0.0946. The monoisotopic (exact) mass is 332 g/mol. The first-order chi connectivity index (χ1) is 10.9. The molecule has 0 saturated carbocycles. The van der Waals surface area contributed by atoms with Gasteiger partial charge in [0.05, 0.1) is 11.8 Å². The van der Waals surface area contributed by atoms with Crippen LogP contribution in [0, 0.1) is 0 Å². The van der Waals surface area contributed by atoms with E-state index in [1.165, 1.54) is 6.08 Å². The Balaban J connectivity index is 1.80. The predicted octanol–water partition coefficient (Wildman–Crippen LogP) is -0.128. The van der Waals surface area contributed by atoms with Crippen molar-refractivity contribution in [3.63, 3.8) is 0 Å². The van der Waals surface area contributed by atoms with Gasteiger partial charge >= 0.3 is 0 Å². The molecule has 0 spiro atoms. The summed E-state index contributed by atoms with van der Waals surface area (Å²) in [5.74, 6) is -0.566. The number of sulfone groups is 1. The molecule has 1 aliphatic heterocycles. The van der Waals surface area contributed by atoms with Crippen molar-refractivity contribution >= 4 is 15.7 Å². The predicted molar refractivity (Wildman–Crippen MR) is 82.3 cm³/mol. The molecule has 3 rings (SSSR count). The lowest BCUT2D eigenvalue weighted by atomic mass is 10.2. The lowest BCUT2D eigenvalue weighted by Crippen LogP contribution is -2.38. The first kappa shape index (κ1) is 15.1. The molecule has 1 aliphatic rings. The number of rotatable bonds is 3. The zero-order valence-corrected chi connectivity index (χ0v) is 12.6. The average Bonchev–Trinajstić information content (AvgIpc) is 2.86. The van der Waals surface area contributed by atoms with Crippen LogP contribution in [-0.4, -0.2) is 41.1 Å². The van der Waals surface area contributed by atoms with E-state index < -0.39 is 27.3 Å². The van der Waals surface area contributed by atoms with Gasteiger partial charge in [0.1, 0.15) is 11.4 Å². The highest BCUT2D eigenvalue weighted by Crippen LogP contribution is 2.11. The summed E-state index contributed by atoms with van der Waals surface area (Å²) in [5.41, 5.74) is -0.122. The summed E-state index contributed by atoms with van der Waals surface area (Å²) in [6, 6.07) is 2.70. The van der Waals surface area contributed by atoms with Crippen molar-refractivity contribution in [1.29, 1.82) is 0 Å². The Morgan fingerprint density at radius 3 is 2.65 bits per heavy atom. The van der Waals surface area contributed by atoms with Crippen LogP contribution >= 0.6 is 0 Å². The fourth-order valence-corrected chi connectivity index (χ4v) is 3.36. The zero-order chi connectivity index (χ0) is 16.4. The van der Waals surface area contributed by atoms with Gasteiger partial charge in [-0.15, -0.1) is 0 Å². The average molecular weight is 332 g/mol. The van der Waals surface area contributed by atoms with Crippen LogP contribution in [0.3, 0.4) is 0 Å². The minimum Gasteiger partial charge on any atom is -0.345 e. The summed E-state index contributed by atoms with van der Waals surface area (Å²) >= 11 is 0. The molecule has 2 N–H and O–H groups in total. The normalized spacial score (nSPS) is 18.7. The highest BCUT2D eigenvalue weighted by molar-refractivity contribution is 7.94. The molecule has 0 bridgehead atoms. The molecule has 23 heavy (non-hydrogen) atoms. The van der Waals surface area contributed by atoms with Gasteiger partial charge < -0.3 is 10.3 Å². The van der Waals surface area contributed by atoms with Gasteiger partial charge in [-0.05, 0) is 18.2 Å². The van der Waals surface area contributed by atoms with Crippen LogP contribution in [0.25, 0.3) is 11.4 Å². The Hall–Kier alpha value is -2.81. The van der Waals surface area contributed by atoms with Crippen LogP contribution < -0.4 is 10.9 Å². The van der Waals surface area contributed by atoms with Gasteiger partial charge in [-0.3, -0.25) is 14.6 Å². The van der Waals surface area contributed by atoms with Gasteiger partial charge in [-0.2, -0.15) is 0 Å². The van der Waals surface area contributed by atoms with Gasteiger partial charge in [-0.1, -0.05) is 0 Å². The number of aromatic nitrogens is 3. The van der Waals surface area contributed by atoms with E-state index in [9.17, 15) is 18.0 Å². The molecule has 0 aliphatic carbocycles. The molecule has 2 aromatic rings. The maximum absolute atomic E-state index is 12.1. The van der Waals surface area contributed by atoms with Crippen LogP contribution in [0.1, 0.15) is 10.4 Å². The van der Waals surface area contributed by atoms with Crippen LogP contribution in [0.15, 0.2) is 47.0 Å². The third-order valence-corrected chi connectivity index (χ3v) is 4.64. The highest BCUT2D eigenvalue weighted by Gasteiger charge is 2.24. The second-order valence-electron chi connectivity index (χ2n) is 4.95. The van der Waals surface area contributed by atoms with Crippen LogP contribution in [0.2, 0.25) is 0 Å². The summed E-state index contributed by atoms with van der Waals surface area (Å²) in [4.78, 5) is 34.6. The Morgan fingerprint density at radius 1 is 1.30 bits per heavy atom. The second kappa shape index (κ2) is 5.76.